The molecule has 108 valence electrons. The van der Waals surface area contributed by atoms with Crippen molar-refractivity contribution >= 4 is 17.9 Å². The van der Waals surface area contributed by atoms with Crippen LogP contribution in [0.5, 0.6) is 0 Å². The standard InChI is InChI=1S/C13H23N3O2S/c1-10(8-19-5)16-9-14-6-11(16)7-15-12(17)18-13(2,3)4/h6,9-10H,7-8H2,1-5H3,(H,15,17). The first-order valence-electron chi connectivity index (χ1n) is 6.30. The van der Waals surface area contributed by atoms with Gasteiger partial charge in [-0.15, -0.1) is 0 Å². The molecule has 1 unspecified atom stereocenters. The Morgan fingerprint density at radius 2 is 2.26 bits per heavy atom. The van der Waals surface area contributed by atoms with Crippen LogP contribution in [0.25, 0.3) is 0 Å². The summed E-state index contributed by atoms with van der Waals surface area (Å²) in [6.07, 6.45) is 5.24. The molecule has 1 N–H and O–H groups in total. The molecule has 0 spiro atoms. The number of carbonyl (C=O) groups is 1. The molecular formula is C13H23N3O2S. The maximum Gasteiger partial charge on any atom is 0.407 e. The number of hydrogen-bond donors (Lipinski definition) is 1. The van der Waals surface area contributed by atoms with E-state index in [9.17, 15) is 4.79 Å². The van der Waals surface area contributed by atoms with Crippen molar-refractivity contribution in [2.45, 2.75) is 45.9 Å². The van der Waals surface area contributed by atoms with Crippen LogP contribution in [-0.2, 0) is 11.3 Å². The Kier molecular flexibility index (Phi) is 5.72. The highest BCUT2D eigenvalue weighted by atomic mass is 32.2. The number of amides is 1. The Morgan fingerprint density at radius 3 is 2.84 bits per heavy atom. The molecule has 0 saturated carbocycles. The first-order chi connectivity index (χ1) is 8.83. The highest BCUT2D eigenvalue weighted by molar-refractivity contribution is 7.98. The van der Waals surface area contributed by atoms with Crippen LogP contribution in [0.15, 0.2) is 12.5 Å². The zero-order valence-corrected chi connectivity index (χ0v) is 13.1. The van der Waals surface area contributed by atoms with E-state index in [4.69, 9.17) is 4.74 Å². The van der Waals surface area contributed by atoms with Gasteiger partial charge in [-0.05, 0) is 34.0 Å². The number of rotatable bonds is 5. The van der Waals surface area contributed by atoms with E-state index in [0.717, 1.165) is 11.4 Å². The molecule has 5 nitrogen and oxygen atoms in total. The molecule has 0 bridgehead atoms. The zero-order chi connectivity index (χ0) is 14.5. The maximum absolute atomic E-state index is 11.6. The quantitative estimate of drug-likeness (QED) is 0.904. The Morgan fingerprint density at radius 1 is 1.58 bits per heavy atom. The van der Waals surface area contributed by atoms with Gasteiger partial charge in [0, 0.05) is 18.0 Å². The molecule has 0 saturated heterocycles. The van der Waals surface area contributed by atoms with Crippen LogP contribution in [-0.4, -0.2) is 33.3 Å². The summed E-state index contributed by atoms with van der Waals surface area (Å²) in [7, 11) is 0. The first-order valence-corrected chi connectivity index (χ1v) is 7.69. The van der Waals surface area contributed by atoms with E-state index >= 15 is 0 Å². The van der Waals surface area contributed by atoms with Gasteiger partial charge in [0.15, 0.2) is 0 Å². The molecule has 1 amide bonds. The van der Waals surface area contributed by atoms with E-state index in [-0.39, 0.29) is 0 Å². The number of aromatic nitrogens is 2. The van der Waals surface area contributed by atoms with Crippen molar-refractivity contribution in [1.82, 2.24) is 14.9 Å². The average molecular weight is 285 g/mol. The van der Waals surface area contributed by atoms with Gasteiger partial charge in [0.2, 0.25) is 0 Å². The summed E-state index contributed by atoms with van der Waals surface area (Å²) in [5.74, 6) is 1.01. The molecule has 6 heteroatoms. The monoisotopic (exact) mass is 285 g/mol. The number of carbonyl (C=O) groups excluding carboxylic acids is 1. The number of thioether (sulfide) groups is 1. The van der Waals surface area contributed by atoms with Gasteiger partial charge in [0.25, 0.3) is 0 Å². The van der Waals surface area contributed by atoms with Gasteiger partial charge in [-0.3, -0.25) is 0 Å². The fraction of sp³-hybridized carbons (Fsp3) is 0.692. The van der Waals surface area contributed by atoms with Crippen molar-refractivity contribution in [3.05, 3.63) is 18.2 Å². The van der Waals surface area contributed by atoms with E-state index in [0.29, 0.717) is 12.6 Å². The number of alkyl carbamates (subject to hydrolysis) is 1. The van der Waals surface area contributed by atoms with Crippen LogP contribution in [0, 0.1) is 0 Å². The Balaban J connectivity index is 2.54. The molecule has 1 aromatic heterocycles. The molecule has 0 aliphatic heterocycles. The van der Waals surface area contributed by atoms with Crippen molar-refractivity contribution in [3.63, 3.8) is 0 Å². The second-order valence-corrected chi connectivity index (χ2v) is 6.36. The van der Waals surface area contributed by atoms with E-state index in [1.165, 1.54) is 0 Å². The fourth-order valence-corrected chi connectivity index (χ4v) is 2.31. The van der Waals surface area contributed by atoms with Crippen molar-refractivity contribution in [2.24, 2.45) is 0 Å². The molecule has 0 radical (unpaired) electrons. The Labute approximate surface area is 119 Å². The summed E-state index contributed by atoms with van der Waals surface area (Å²) in [5.41, 5.74) is 0.503. The third kappa shape index (κ3) is 5.55. The minimum absolute atomic E-state index is 0.355. The van der Waals surface area contributed by atoms with Crippen molar-refractivity contribution in [2.75, 3.05) is 12.0 Å². The van der Waals surface area contributed by atoms with Crippen molar-refractivity contribution in [1.29, 1.82) is 0 Å². The van der Waals surface area contributed by atoms with Gasteiger partial charge in [-0.2, -0.15) is 11.8 Å². The van der Waals surface area contributed by atoms with Gasteiger partial charge in [0.1, 0.15) is 5.60 Å². The normalized spacial score (nSPS) is 13.1. The molecule has 0 aliphatic carbocycles. The highest BCUT2D eigenvalue weighted by Crippen LogP contribution is 2.14. The average Bonchev–Trinajstić information content (AvgIpc) is 2.72. The fourth-order valence-electron chi connectivity index (χ4n) is 1.66. The smallest absolute Gasteiger partial charge is 0.407 e. The molecule has 1 atom stereocenters. The molecule has 1 heterocycles. The molecular weight excluding hydrogens is 262 g/mol. The Bertz CT molecular complexity index is 412. The van der Waals surface area contributed by atoms with Crippen LogP contribution in [0.4, 0.5) is 4.79 Å². The zero-order valence-electron chi connectivity index (χ0n) is 12.3. The van der Waals surface area contributed by atoms with Crippen LogP contribution in [0.2, 0.25) is 0 Å². The maximum atomic E-state index is 11.6. The molecule has 19 heavy (non-hydrogen) atoms. The first kappa shape index (κ1) is 15.9. The van der Waals surface area contributed by atoms with Gasteiger partial charge >= 0.3 is 6.09 Å². The van der Waals surface area contributed by atoms with E-state index in [2.05, 4.69) is 28.0 Å². The molecule has 0 aliphatic rings. The third-order valence-electron chi connectivity index (χ3n) is 2.44. The van der Waals surface area contributed by atoms with E-state index in [1.54, 1.807) is 24.3 Å². The lowest BCUT2D eigenvalue weighted by Gasteiger charge is -2.20. The van der Waals surface area contributed by atoms with Crippen molar-refractivity contribution < 1.29 is 9.53 Å². The topological polar surface area (TPSA) is 56.2 Å². The van der Waals surface area contributed by atoms with Crippen LogP contribution < -0.4 is 5.32 Å². The number of nitrogens with zero attached hydrogens (tertiary/aromatic N) is 2. The van der Waals surface area contributed by atoms with Crippen LogP contribution in [0.1, 0.15) is 39.4 Å². The number of ether oxygens (including phenoxy) is 1. The largest absolute Gasteiger partial charge is 0.444 e. The van der Waals surface area contributed by atoms with Crippen LogP contribution in [0.3, 0.4) is 0 Å². The molecule has 1 rings (SSSR count). The summed E-state index contributed by atoms with van der Waals surface area (Å²) in [4.78, 5) is 15.7. The number of nitrogens with one attached hydrogen (secondary N) is 1. The summed E-state index contributed by atoms with van der Waals surface area (Å²) in [6, 6.07) is 0.355. The summed E-state index contributed by atoms with van der Waals surface area (Å²) < 4.78 is 7.28. The minimum Gasteiger partial charge on any atom is -0.444 e. The van der Waals surface area contributed by atoms with Gasteiger partial charge in [0.05, 0.1) is 18.6 Å². The Hall–Kier alpha value is -1.17. The van der Waals surface area contributed by atoms with E-state index in [1.807, 2.05) is 20.8 Å². The number of imidazole rings is 1. The molecule has 0 fully saturated rings. The second kappa shape index (κ2) is 6.84. The lowest BCUT2D eigenvalue weighted by Crippen LogP contribution is -2.32. The second-order valence-electron chi connectivity index (χ2n) is 5.45. The lowest BCUT2D eigenvalue weighted by atomic mass is 10.2. The third-order valence-corrected chi connectivity index (χ3v) is 3.26. The van der Waals surface area contributed by atoms with E-state index < -0.39 is 11.7 Å². The highest BCUT2D eigenvalue weighted by Gasteiger charge is 2.16. The predicted molar refractivity (Wildman–Crippen MR) is 78.4 cm³/mol. The molecule has 0 aromatic carbocycles. The number of hydrogen-bond acceptors (Lipinski definition) is 4. The summed E-state index contributed by atoms with van der Waals surface area (Å²) >= 11 is 1.79. The summed E-state index contributed by atoms with van der Waals surface area (Å²) in [6.45, 7) is 8.09. The SMILES string of the molecule is CSCC(C)n1cncc1CNC(=O)OC(C)(C)C. The van der Waals surface area contributed by atoms with Gasteiger partial charge < -0.3 is 14.6 Å². The lowest BCUT2D eigenvalue weighted by molar-refractivity contribution is 0.0522. The predicted octanol–water partition coefficient (Wildman–Crippen LogP) is 2.83. The minimum atomic E-state index is -0.476. The molecule has 1 aromatic rings. The van der Waals surface area contributed by atoms with Crippen LogP contribution >= 0.6 is 11.8 Å². The van der Waals surface area contributed by atoms with Gasteiger partial charge in [-0.1, -0.05) is 0 Å². The van der Waals surface area contributed by atoms with Crippen molar-refractivity contribution in [3.8, 4) is 0 Å². The summed E-state index contributed by atoms with van der Waals surface area (Å²) in [5, 5.41) is 2.75. The van der Waals surface area contributed by atoms with Gasteiger partial charge in [-0.25, -0.2) is 9.78 Å².